The Hall–Kier alpha value is -0.426. The van der Waals surface area contributed by atoms with Gasteiger partial charge in [-0.3, -0.25) is 0 Å². The summed E-state index contributed by atoms with van der Waals surface area (Å²) in [7, 11) is -1.23. The molecular formula is C16H30O2Si2. The molecule has 1 aromatic rings. The van der Waals surface area contributed by atoms with Gasteiger partial charge >= 0.3 is 0 Å². The summed E-state index contributed by atoms with van der Waals surface area (Å²) in [5, 5.41) is 2.75. The van der Waals surface area contributed by atoms with Crippen molar-refractivity contribution in [2.45, 2.75) is 65.6 Å². The van der Waals surface area contributed by atoms with Crippen LogP contribution in [0.5, 0.6) is 0 Å². The second-order valence-electron chi connectivity index (χ2n) is 6.62. The monoisotopic (exact) mass is 310 g/mol. The molecule has 0 saturated carbocycles. The summed E-state index contributed by atoms with van der Waals surface area (Å²) in [4.78, 5) is 0. The molecule has 2 nitrogen and oxygen atoms in total. The fourth-order valence-electron chi connectivity index (χ4n) is 1.49. The first-order valence-electron chi connectivity index (χ1n) is 7.64. The van der Waals surface area contributed by atoms with Crippen LogP contribution in [0.15, 0.2) is 24.3 Å². The lowest BCUT2D eigenvalue weighted by Gasteiger charge is -2.24. The minimum atomic E-state index is -0.614. The van der Waals surface area contributed by atoms with Gasteiger partial charge in [-0.05, 0) is 50.9 Å². The minimum absolute atomic E-state index is 0.0217. The quantitative estimate of drug-likeness (QED) is 0.678. The van der Waals surface area contributed by atoms with E-state index in [1.54, 1.807) is 0 Å². The van der Waals surface area contributed by atoms with Crippen molar-refractivity contribution in [1.82, 2.24) is 0 Å². The molecule has 0 atom stereocenters. The molecule has 0 aliphatic carbocycles. The number of hydrogen-bond acceptors (Lipinski definition) is 2. The molecule has 0 aromatic heterocycles. The maximum Gasteiger partial charge on any atom is 0.192 e. The van der Waals surface area contributed by atoms with E-state index >= 15 is 0 Å². The summed E-state index contributed by atoms with van der Waals surface area (Å²) in [6.45, 7) is 13.0. The minimum Gasteiger partial charge on any atom is -0.414 e. The van der Waals surface area contributed by atoms with Crippen molar-refractivity contribution in [2.75, 3.05) is 0 Å². The van der Waals surface area contributed by atoms with Gasteiger partial charge in [0.25, 0.3) is 0 Å². The van der Waals surface area contributed by atoms with E-state index in [4.69, 9.17) is 8.85 Å². The maximum absolute atomic E-state index is 6.06. The van der Waals surface area contributed by atoms with Crippen molar-refractivity contribution in [3.05, 3.63) is 24.3 Å². The van der Waals surface area contributed by atoms with Crippen LogP contribution in [0.2, 0.25) is 0 Å². The maximum atomic E-state index is 6.06. The molecule has 20 heavy (non-hydrogen) atoms. The zero-order chi connectivity index (χ0) is 15.2. The average Bonchev–Trinajstić information content (AvgIpc) is 2.44. The lowest BCUT2D eigenvalue weighted by Crippen LogP contribution is -2.33. The van der Waals surface area contributed by atoms with Crippen molar-refractivity contribution in [3.8, 4) is 0 Å². The highest BCUT2D eigenvalue weighted by atomic mass is 28.2. The van der Waals surface area contributed by atoms with Gasteiger partial charge in [0, 0.05) is 0 Å². The van der Waals surface area contributed by atoms with E-state index in [9.17, 15) is 0 Å². The molecule has 1 rings (SSSR count). The van der Waals surface area contributed by atoms with Crippen molar-refractivity contribution >= 4 is 29.9 Å². The smallest absolute Gasteiger partial charge is 0.192 e. The van der Waals surface area contributed by atoms with Crippen molar-refractivity contribution in [2.24, 2.45) is 0 Å². The highest BCUT2D eigenvalue weighted by Gasteiger charge is 2.16. The Morgan fingerprint density at radius 1 is 0.750 bits per heavy atom. The first-order chi connectivity index (χ1) is 9.28. The zero-order valence-electron chi connectivity index (χ0n) is 14.0. The standard InChI is InChI=1S/C16H30O2Si2/c1-7-15(3,4)17-19-13-9-11-14(12-10-13)20-18-16(5,6)8-2/h9-12H,7-8,19-20H2,1-6H3. The topological polar surface area (TPSA) is 18.5 Å². The summed E-state index contributed by atoms with van der Waals surface area (Å²) < 4.78 is 12.1. The third kappa shape index (κ3) is 6.35. The van der Waals surface area contributed by atoms with E-state index in [0.29, 0.717) is 0 Å². The van der Waals surface area contributed by atoms with Crippen LogP contribution in [-0.2, 0) is 8.85 Å². The van der Waals surface area contributed by atoms with Crippen molar-refractivity contribution < 1.29 is 8.85 Å². The van der Waals surface area contributed by atoms with Gasteiger partial charge in [0.05, 0.1) is 11.2 Å². The van der Waals surface area contributed by atoms with Gasteiger partial charge in [0.2, 0.25) is 0 Å². The third-order valence-corrected chi connectivity index (χ3v) is 7.45. The van der Waals surface area contributed by atoms with Crippen LogP contribution in [0.1, 0.15) is 54.4 Å². The molecule has 0 saturated heterocycles. The van der Waals surface area contributed by atoms with Crippen molar-refractivity contribution in [1.29, 1.82) is 0 Å². The molecule has 0 bridgehead atoms. The van der Waals surface area contributed by atoms with E-state index in [0.717, 1.165) is 12.8 Å². The first kappa shape index (κ1) is 17.6. The molecule has 0 radical (unpaired) electrons. The van der Waals surface area contributed by atoms with Crippen LogP contribution in [0, 0.1) is 0 Å². The highest BCUT2D eigenvalue weighted by Crippen LogP contribution is 2.12. The molecule has 0 unspecified atom stereocenters. The van der Waals surface area contributed by atoms with Gasteiger partial charge in [0.15, 0.2) is 19.5 Å². The molecule has 114 valence electrons. The average molecular weight is 311 g/mol. The summed E-state index contributed by atoms with van der Waals surface area (Å²) in [5.74, 6) is 0. The van der Waals surface area contributed by atoms with E-state index < -0.39 is 19.5 Å². The molecule has 0 amide bonds. The summed E-state index contributed by atoms with van der Waals surface area (Å²) in [6.07, 6.45) is 2.12. The number of rotatable bonds is 8. The molecule has 0 spiro atoms. The van der Waals surface area contributed by atoms with Crippen LogP contribution in [0.4, 0.5) is 0 Å². The number of hydrogen-bond donors (Lipinski definition) is 0. The summed E-state index contributed by atoms with van der Waals surface area (Å²) in [6, 6.07) is 8.90. The van der Waals surface area contributed by atoms with E-state index in [1.165, 1.54) is 10.4 Å². The van der Waals surface area contributed by atoms with Gasteiger partial charge < -0.3 is 8.85 Å². The molecule has 0 heterocycles. The zero-order valence-corrected chi connectivity index (χ0v) is 16.8. The summed E-state index contributed by atoms with van der Waals surface area (Å²) >= 11 is 0. The molecule has 0 aliphatic heterocycles. The van der Waals surface area contributed by atoms with Crippen LogP contribution in [0.25, 0.3) is 0 Å². The van der Waals surface area contributed by atoms with Gasteiger partial charge in [-0.15, -0.1) is 0 Å². The van der Waals surface area contributed by atoms with Crippen LogP contribution >= 0.6 is 0 Å². The second kappa shape index (κ2) is 7.54. The van der Waals surface area contributed by atoms with Crippen molar-refractivity contribution in [3.63, 3.8) is 0 Å². The van der Waals surface area contributed by atoms with E-state index in [1.807, 2.05) is 0 Å². The normalized spacial score (nSPS) is 13.9. The van der Waals surface area contributed by atoms with E-state index in [2.05, 4.69) is 65.8 Å². The molecule has 4 heteroatoms. The van der Waals surface area contributed by atoms with Gasteiger partial charge in [-0.1, -0.05) is 38.1 Å². The molecule has 0 aliphatic rings. The van der Waals surface area contributed by atoms with Crippen LogP contribution in [0.3, 0.4) is 0 Å². The Morgan fingerprint density at radius 2 is 1.05 bits per heavy atom. The van der Waals surface area contributed by atoms with Gasteiger partial charge in [-0.25, -0.2) is 0 Å². The van der Waals surface area contributed by atoms with Crippen LogP contribution in [-0.4, -0.2) is 30.7 Å². The molecular weight excluding hydrogens is 280 g/mol. The Balaban J connectivity index is 2.48. The SMILES string of the molecule is CCC(C)(C)O[SiH2]c1ccc([SiH2]OC(C)(C)CC)cc1. The van der Waals surface area contributed by atoms with Gasteiger partial charge in [-0.2, -0.15) is 0 Å². The Labute approximate surface area is 129 Å². The Morgan fingerprint density at radius 3 is 1.30 bits per heavy atom. The highest BCUT2D eigenvalue weighted by molar-refractivity contribution is 6.49. The first-order valence-corrected chi connectivity index (χ1v) is 10.2. The molecule has 0 fully saturated rings. The Kier molecular flexibility index (Phi) is 6.65. The molecule has 1 aromatic carbocycles. The fourth-order valence-corrected chi connectivity index (χ4v) is 3.87. The van der Waals surface area contributed by atoms with E-state index in [-0.39, 0.29) is 11.2 Å². The van der Waals surface area contributed by atoms with Gasteiger partial charge in [0.1, 0.15) is 0 Å². The third-order valence-electron chi connectivity index (χ3n) is 3.99. The predicted octanol–water partition coefficient (Wildman–Crippen LogP) is 1.52. The number of benzene rings is 1. The predicted molar refractivity (Wildman–Crippen MR) is 93.7 cm³/mol. The summed E-state index contributed by atoms with van der Waals surface area (Å²) in [5.41, 5.74) is 0.0435. The lowest BCUT2D eigenvalue weighted by molar-refractivity contribution is 0.114. The Bertz CT molecular complexity index is 360. The largest absolute Gasteiger partial charge is 0.414 e. The van der Waals surface area contributed by atoms with Crippen LogP contribution < -0.4 is 10.4 Å². The fraction of sp³-hybridized carbons (Fsp3) is 0.625. The second-order valence-corrected chi connectivity index (χ2v) is 9.41. The molecule has 0 N–H and O–H groups in total. The lowest BCUT2D eigenvalue weighted by atomic mass is 10.1.